The predicted molar refractivity (Wildman–Crippen MR) is 73.5 cm³/mol. The molecular formula is C13H14N2O4S. The van der Waals surface area contributed by atoms with Gasteiger partial charge in [0, 0.05) is 6.07 Å². The summed E-state index contributed by atoms with van der Waals surface area (Å²) in [5.74, 6) is -1.37. The van der Waals surface area contributed by atoms with Crippen molar-refractivity contribution in [2.75, 3.05) is 0 Å². The summed E-state index contributed by atoms with van der Waals surface area (Å²) in [5, 5.41) is 17.0. The fourth-order valence-electron chi connectivity index (χ4n) is 1.65. The number of hydrogen-bond donors (Lipinski definition) is 2. The van der Waals surface area contributed by atoms with Crippen molar-refractivity contribution < 1.29 is 19.2 Å². The minimum Gasteiger partial charge on any atom is -0.480 e. The minimum atomic E-state index is -1.07. The van der Waals surface area contributed by atoms with Gasteiger partial charge in [0.15, 0.2) is 11.5 Å². The SMILES string of the molecule is CC(C)C(NC(=O)c1cc(-c2cccs2)on1)C(=O)O. The smallest absolute Gasteiger partial charge is 0.326 e. The molecule has 2 aromatic rings. The number of aromatic nitrogens is 1. The van der Waals surface area contributed by atoms with Crippen molar-refractivity contribution in [3.63, 3.8) is 0 Å². The van der Waals surface area contributed by atoms with Crippen LogP contribution in [0, 0.1) is 5.92 Å². The number of carbonyl (C=O) groups is 2. The van der Waals surface area contributed by atoms with Crippen LogP contribution in [0.15, 0.2) is 28.1 Å². The van der Waals surface area contributed by atoms with E-state index in [1.807, 2.05) is 17.5 Å². The van der Waals surface area contributed by atoms with Crippen molar-refractivity contribution >= 4 is 23.2 Å². The van der Waals surface area contributed by atoms with Crippen molar-refractivity contribution in [1.82, 2.24) is 10.5 Å². The molecule has 0 bridgehead atoms. The fourth-order valence-corrected chi connectivity index (χ4v) is 2.32. The number of aliphatic carboxylic acids is 1. The first-order chi connectivity index (χ1) is 9.49. The molecule has 0 radical (unpaired) electrons. The van der Waals surface area contributed by atoms with Crippen molar-refractivity contribution in [2.24, 2.45) is 5.92 Å². The number of thiophene rings is 1. The van der Waals surface area contributed by atoms with Gasteiger partial charge in [-0.3, -0.25) is 4.79 Å². The van der Waals surface area contributed by atoms with Gasteiger partial charge in [-0.05, 0) is 17.4 Å². The average molecular weight is 294 g/mol. The maximum Gasteiger partial charge on any atom is 0.326 e. The first kappa shape index (κ1) is 14.3. The zero-order valence-corrected chi connectivity index (χ0v) is 11.8. The number of nitrogens with one attached hydrogen (secondary N) is 1. The van der Waals surface area contributed by atoms with Crippen molar-refractivity contribution in [2.45, 2.75) is 19.9 Å². The molecule has 0 aliphatic rings. The molecule has 2 heterocycles. The van der Waals surface area contributed by atoms with Crippen LogP contribution in [0.25, 0.3) is 10.6 Å². The van der Waals surface area contributed by atoms with Crippen LogP contribution in [-0.4, -0.2) is 28.2 Å². The van der Waals surface area contributed by atoms with Crippen LogP contribution in [0.1, 0.15) is 24.3 Å². The van der Waals surface area contributed by atoms with Crippen LogP contribution >= 0.6 is 11.3 Å². The molecule has 106 valence electrons. The summed E-state index contributed by atoms with van der Waals surface area (Å²) in [6, 6.07) is 4.26. The predicted octanol–water partition coefficient (Wildman–Crippen LogP) is 2.24. The van der Waals surface area contributed by atoms with E-state index in [0.717, 1.165) is 4.88 Å². The Bertz CT molecular complexity index is 604. The van der Waals surface area contributed by atoms with E-state index < -0.39 is 17.9 Å². The zero-order chi connectivity index (χ0) is 14.7. The second-order valence-electron chi connectivity index (χ2n) is 4.59. The van der Waals surface area contributed by atoms with E-state index >= 15 is 0 Å². The first-order valence-electron chi connectivity index (χ1n) is 6.03. The molecule has 6 nitrogen and oxygen atoms in total. The van der Waals surface area contributed by atoms with E-state index in [-0.39, 0.29) is 11.6 Å². The lowest BCUT2D eigenvalue weighted by atomic mass is 10.0. The number of amides is 1. The molecule has 20 heavy (non-hydrogen) atoms. The van der Waals surface area contributed by atoms with E-state index in [2.05, 4.69) is 10.5 Å². The molecule has 0 saturated carbocycles. The first-order valence-corrected chi connectivity index (χ1v) is 6.91. The van der Waals surface area contributed by atoms with E-state index in [4.69, 9.17) is 9.63 Å². The van der Waals surface area contributed by atoms with E-state index in [9.17, 15) is 9.59 Å². The monoisotopic (exact) mass is 294 g/mol. The third-order valence-electron chi connectivity index (χ3n) is 2.73. The quantitative estimate of drug-likeness (QED) is 0.882. The van der Waals surface area contributed by atoms with Crippen molar-refractivity contribution in [3.05, 3.63) is 29.3 Å². The molecule has 0 fully saturated rings. The average Bonchev–Trinajstić information content (AvgIpc) is 3.04. The third-order valence-corrected chi connectivity index (χ3v) is 3.61. The normalized spacial score (nSPS) is 12.3. The molecule has 1 unspecified atom stereocenters. The summed E-state index contributed by atoms with van der Waals surface area (Å²) in [6.45, 7) is 3.44. The van der Waals surface area contributed by atoms with Crippen LogP contribution in [0.2, 0.25) is 0 Å². The Morgan fingerprint density at radius 2 is 2.20 bits per heavy atom. The van der Waals surface area contributed by atoms with Crippen LogP contribution in [0.4, 0.5) is 0 Å². The number of nitrogens with zero attached hydrogens (tertiary/aromatic N) is 1. The summed E-state index contributed by atoms with van der Waals surface area (Å²) in [4.78, 5) is 23.9. The number of rotatable bonds is 5. The van der Waals surface area contributed by atoms with Gasteiger partial charge in [0.25, 0.3) is 5.91 Å². The van der Waals surface area contributed by atoms with Gasteiger partial charge in [0.1, 0.15) is 6.04 Å². The van der Waals surface area contributed by atoms with Crippen molar-refractivity contribution in [1.29, 1.82) is 0 Å². The lowest BCUT2D eigenvalue weighted by Gasteiger charge is -2.16. The third kappa shape index (κ3) is 3.05. The highest BCUT2D eigenvalue weighted by Gasteiger charge is 2.25. The molecule has 0 aliphatic carbocycles. The van der Waals surface area contributed by atoms with Gasteiger partial charge < -0.3 is 14.9 Å². The van der Waals surface area contributed by atoms with Gasteiger partial charge in [0.05, 0.1) is 4.88 Å². The number of hydrogen-bond acceptors (Lipinski definition) is 5. The van der Waals surface area contributed by atoms with E-state index in [0.29, 0.717) is 5.76 Å². The molecule has 0 aromatic carbocycles. The van der Waals surface area contributed by atoms with E-state index in [1.165, 1.54) is 17.4 Å². The highest BCUT2D eigenvalue weighted by molar-refractivity contribution is 7.13. The van der Waals surface area contributed by atoms with Crippen molar-refractivity contribution in [3.8, 4) is 10.6 Å². The van der Waals surface area contributed by atoms with Gasteiger partial charge in [-0.15, -0.1) is 11.3 Å². The second kappa shape index (κ2) is 5.87. The molecule has 2 N–H and O–H groups in total. The lowest BCUT2D eigenvalue weighted by molar-refractivity contribution is -0.140. The van der Waals surface area contributed by atoms with Gasteiger partial charge in [-0.1, -0.05) is 25.1 Å². The largest absolute Gasteiger partial charge is 0.480 e. The van der Waals surface area contributed by atoms with Crippen LogP contribution in [0.3, 0.4) is 0 Å². The van der Waals surface area contributed by atoms with Crippen LogP contribution < -0.4 is 5.32 Å². The van der Waals surface area contributed by atoms with E-state index in [1.54, 1.807) is 13.8 Å². The summed E-state index contributed by atoms with van der Waals surface area (Å²) in [6.07, 6.45) is 0. The Morgan fingerprint density at radius 1 is 1.45 bits per heavy atom. The Labute approximate surface area is 119 Å². The topological polar surface area (TPSA) is 92.4 Å². The Kier molecular flexibility index (Phi) is 4.19. The highest BCUT2D eigenvalue weighted by Crippen LogP contribution is 2.25. The maximum absolute atomic E-state index is 12.0. The van der Waals surface area contributed by atoms with Gasteiger partial charge in [-0.25, -0.2) is 4.79 Å². The summed E-state index contributed by atoms with van der Waals surface area (Å²) < 4.78 is 5.08. The van der Waals surface area contributed by atoms with Gasteiger partial charge in [0.2, 0.25) is 0 Å². The number of carboxylic acid groups (broad SMARTS) is 1. The highest BCUT2D eigenvalue weighted by atomic mass is 32.1. The van der Waals surface area contributed by atoms with Gasteiger partial charge in [-0.2, -0.15) is 0 Å². The summed E-state index contributed by atoms with van der Waals surface area (Å²) >= 11 is 1.47. The molecule has 2 rings (SSSR count). The zero-order valence-electron chi connectivity index (χ0n) is 11.0. The summed E-state index contributed by atoms with van der Waals surface area (Å²) in [7, 11) is 0. The van der Waals surface area contributed by atoms with Crippen LogP contribution in [-0.2, 0) is 4.79 Å². The van der Waals surface area contributed by atoms with Crippen LogP contribution in [0.5, 0.6) is 0 Å². The minimum absolute atomic E-state index is 0.0697. The molecule has 1 amide bonds. The molecule has 0 saturated heterocycles. The number of carboxylic acids is 1. The Morgan fingerprint density at radius 3 is 2.75 bits per heavy atom. The Hall–Kier alpha value is -2.15. The van der Waals surface area contributed by atoms with Gasteiger partial charge >= 0.3 is 5.97 Å². The summed E-state index contributed by atoms with van der Waals surface area (Å²) in [5.41, 5.74) is 0.0697. The fraction of sp³-hybridized carbons (Fsp3) is 0.308. The lowest BCUT2D eigenvalue weighted by Crippen LogP contribution is -2.44. The molecule has 2 aromatic heterocycles. The molecule has 0 aliphatic heterocycles. The number of carbonyl (C=O) groups excluding carboxylic acids is 1. The molecular weight excluding hydrogens is 280 g/mol. The molecule has 0 spiro atoms. The second-order valence-corrected chi connectivity index (χ2v) is 5.53. The maximum atomic E-state index is 12.0. The molecule has 1 atom stereocenters. The standard InChI is InChI=1S/C13H14N2O4S/c1-7(2)11(13(17)18)14-12(16)8-6-9(19-15-8)10-4-3-5-20-10/h3-7,11H,1-2H3,(H,14,16)(H,17,18). The Balaban J connectivity index is 2.12. The molecule has 7 heteroatoms.